The molecule has 0 aliphatic rings. The van der Waals surface area contributed by atoms with Crippen LogP contribution in [0.5, 0.6) is 11.5 Å². The molecule has 1 heterocycles. The lowest BCUT2D eigenvalue weighted by molar-refractivity contribution is 0.132. The third-order valence-electron chi connectivity index (χ3n) is 5.25. The minimum absolute atomic E-state index is 0.162. The van der Waals surface area contributed by atoms with E-state index in [1.807, 2.05) is 48.1 Å². The fraction of sp³-hybridized carbons (Fsp3) is 0.375. The molecule has 0 aliphatic carbocycles. The minimum Gasteiger partial charge on any atom is -0.497 e. The number of rotatable bonds is 10. The lowest BCUT2D eigenvalue weighted by atomic mass is 10.1. The summed E-state index contributed by atoms with van der Waals surface area (Å²) in [7, 11) is 3.36. The average molecular weight is 410 g/mol. The highest BCUT2D eigenvalue weighted by molar-refractivity contribution is 5.40. The van der Waals surface area contributed by atoms with Crippen molar-refractivity contribution in [2.45, 2.75) is 40.0 Å². The lowest BCUT2D eigenvalue weighted by Gasteiger charge is -2.16. The molecule has 2 aromatic carbocycles. The number of methoxy groups -OCH3 is 2. The van der Waals surface area contributed by atoms with Crippen LogP contribution >= 0.6 is 0 Å². The summed E-state index contributed by atoms with van der Waals surface area (Å²) >= 11 is 0. The Labute approximate surface area is 178 Å². The smallest absolute Gasteiger partial charge is 0.124 e. The third kappa shape index (κ3) is 5.01. The number of aromatic nitrogens is 2. The maximum atomic E-state index is 5.57. The Morgan fingerprint density at radius 3 is 2.50 bits per heavy atom. The van der Waals surface area contributed by atoms with Crippen LogP contribution in [-0.4, -0.2) is 30.6 Å². The zero-order valence-corrected chi connectivity index (χ0v) is 18.4. The molecule has 160 valence electrons. The van der Waals surface area contributed by atoms with E-state index in [9.17, 15) is 0 Å². The van der Waals surface area contributed by atoms with Crippen molar-refractivity contribution in [3.63, 3.8) is 0 Å². The summed E-state index contributed by atoms with van der Waals surface area (Å²) in [5, 5.41) is 8.20. The van der Waals surface area contributed by atoms with E-state index >= 15 is 0 Å². The predicted octanol–water partition coefficient (Wildman–Crippen LogP) is 4.59. The molecule has 0 radical (unpaired) electrons. The molecule has 0 aliphatic heterocycles. The maximum absolute atomic E-state index is 5.57. The number of hydrogen-bond acceptors (Lipinski definition) is 5. The topological polar surface area (TPSA) is 57.5 Å². The zero-order valence-electron chi connectivity index (χ0n) is 18.4. The Balaban J connectivity index is 1.69. The zero-order chi connectivity index (χ0) is 21.5. The molecule has 6 nitrogen and oxygen atoms in total. The van der Waals surface area contributed by atoms with Crippen LogP contribution < -0.4 is 14.8 Å². The van der Waals surface area contributed by atoms with Gasteiger partial charge in [-0.05, 0) is 62.7 Å². The van der Waals surface area contributed by atoms with Gasteiger partial charge >= 0.3 is 0 Å². The van der Waals surface area contributed by atoms with E-state index in [1.165, 1.54) is 11.1 Å². The highest BCUT2D eigenvalue weighted by Gasteiger charge is 2.14. The second kappa shape index (κ2) is 10.3. The molecule has 0 bridgehead atoms. The molecule has 0 amide bonds. The first-order valence-electron chi connectivity index (χ1n) is 10.2. The molecule has 1 atom stereocenters. The second-order valence-electron chi connectivity index (χ2n) is 7.18. The predicted molar refractivity (Wildman–Crippen MR) is 118 cm³/mol. The van der Waals surface area contributed by atoms with E-state index in [2.05, 4.69) is 36.4 Å². The first-order valence-corrected chi connectivity index (χ1v) is 10.2. The van der Waals surface area contributed by atoms with Gasteiger partial charge in [0.1, 0.15) is 11.5 Å². The fourth-order valence-corrected chi connectivity index (χ4v) is 3.48. The Morgan fingerprint density at radius 1 is 1.07 bits per heavy atom. The van der Waals surface area contributed by atoms with Gasteiger partial charge in [-0.3, -0.25) is 0 Å². The molecule has 0 spiro atoms. The summed E-state index contributed by atoms with van der Waals surface area (Å²) < 4.78 is 18.2. The van der Waals surface area contributed by atoms with Gasteiger partial charge in [-0.15, -0.1) is 0 Å². The fourth-order valence-electron chi connectivity index (χ4n) is 3.48. The average Bonchev–Trinajstić information content (AvgIpc) is 3.17. The summed E-state index contributed by atoms with van der Waals surface area (Å²) in [6.45, 7) is 8.23. The number of ether oxygens (including phenoxy) is 3. The van der Waals surface area contributed by atoms with E-state index in [-0.39, 0.29) is 6.04 Å². The first-order chi connectivity index (χ1) is 14.6. The number of nitrogens with one attached hydrogen (secondary N) is 1. The van der Waals surface area contributed by atoms with Gasteiger partial charge in [-0.1, -0.05) is 6.07 Å². The quantitative estimate of drug-likeness (QED) is 0.531. The van der Waals surface area contributed by atoms with E-state index in [1.54, 1.807) is 14.2 Å². The normalized spacial score (nSPS) is 12.0. The Hall–Kier alpha value is -2.83. The van der Waals surface area contributed by atoms with Crippen molar-refractivity contribution in [2.75, 3.05) is 20.8 Å². The van der Waals surface area contributed by atoms with E-state index in [0.29, 0.717) is 13.2 Å². The van der Waals surface area contributed by atoms with Crippen LogP contribution in [0.4, 0.5) is 0 Å². The molecule has 0 fully saturated rings. The van der Waals surface area contributed by atoms with Gasteiger partial charge < -0.3 is 19.5 Å². The van der Waals surface area contributed by atoms with Crippen LogP contribution in [0, 0.1) is 6.92 Å². The molecule has 0 unspecified atom stereocenters. The number of nitrogens with zero attached hydrogens (tertiary/aromatic N) is 2. The second-order valence-corrected chi connectivity index (χ2v) is 7.18. The van der Waals surface area contributed by atoms with Gasteiger partial charge in [0.25, 0.3) is 0 Å². The van der Waals surface area contributed by atoms with Crippen LogP contribution in [0.1, 0.15) is 42.3 Å². The van der Waals surface area contributed by atoms with Crippen LogP contribution in [0.2, 0.25) is 0 Å². The van der Waals surface area contributed by atoms with Gasteiger partial charge in [0.15, 0.2) is 0 Å². The highest BCUT2D eigenvalue weighted by atomic mass is 16.5. The van der Waals surface area contributed by atoms with Crippen LogP contribution in [0.25, 0.3) is 5.69 Å². The first kappa shape index (κ1) is 21.9. The Morgan fingerprint density at radius 2 is 1.83 bits per heavy atom. The van der Waals surface area contributed by atoms with Gasteiger partial charge in [-0.25, -0.2) is 4.68 Å². The van der Waals surface area contributed by atoms with Gasteiger partial charge in [0.05, 0.1) is 32.7 Å². The summed E-state index contributed by atoms with van der Waals surface area (Å²) in [4.78, 5) is 0. The molecule has 0 saturated carbocycles. The summed E-state index contributed by atoms with van der Waals surface area (Å²) in [6, 6.07) is 14.3. The van der Waals surface area contributed by atoms with E-state index < -0.39 is 0 Å². The maximum Gasteiger partial charge on any atom is 0.124 e. The van der Waals surface area contributed by atoms with Gasteiger partial charge in [0, 0.05) is 36.0 Å². The van der Waals surface area contributed by atoms with Crippen molar-refractivity contribution in [3.05, 3.63) is 71.0 Å². The standard InChI is InChI=1S/C24H31N3O3/c1-6-30-16-20-13-19(7-12-24(20)29-5)14-25-17(2)23-15-26-27(18(23)3)21-8-10-22(28-4)11-9-21/h7-13,15,17,25H,6,14,16H2,1-5H3/t17-/m1/s1. The Bertz CT molecular complexity index is 951. The molecule has 30 heavy (non-hydrogen) atoms. The summed E-state index contributed by atoms with van der Waals surface area (Å²) in [5.74, 6) is 1.69. The molecular formula is C24H31N3O3. The van der Waals surface area contributed by atoms with Crippen molar-refractivity contribution in [3.8, 4) is 17.2 Å². The summed E-state index contributed by atoms with van der Waals surface area (Å²) in [5.41, 5.74) is 5.57. The molecule has 0 saturated heterocycles. The summed E-state index contributed by atoms with van der Waals surface area (Å²) in [6.07, 6.45) is 1.94. The van der Waals surface area contributed by atoms with Crippen LogP contribution in [-0.2, 0) is 17.9 Å². The molecule has 3 rings (SSSR count). The van der Waals surface area contributed by atoms with Crippen LogP contribution in [0.3, 0.4) is 0 Å². The third-order valence-corrected chi connectivity index (χ3v) is 5.25. The molecule has 3 aromatic rings. The minimum atomic E-state index is 0.162. The molecule has 1 aromatic heterocycles. The molecule has 1 N–H and O–H groups in total. The van der Waals surface area contributed by atoms with Crippen LogP contribution in [0.15, 0.2) is 48.7 Å². The largest absolute Gasteiger partial charge is 0.497 e. The Kier molecular flexibility index (Phi) is 7.49. The van der Waals surface area contributed by atoms with E-state index in [0.717, 1.165) is 35.0 Å². The van der Waals surface area contributed by atoms with Crippen molar-refractivity contribution in [1.29, 1.82) is 0 Å². The number of benzene rings is 2. The van der Waals surface area contributed by atoms with Crippen molar-refractivity contribution >= 4 is 0 Å². The molecule has 6 heteroatoms. The van der Waals surface area contributed by atoms with E-state index in [4.69, 9.17) is 14.2 Å². The SMILES string of the molecule is CCOCc1cc(CN[C@H](C)c2cnn(-c3ccc(OC)cc3)c2C)ccc1OC. The van der Waals surface area contributed by atoms with Crippen molar-refractivity contribution in [1.82, 2.24) is 15.1 Å². The lowest BCUT2D eigenvalue weighted by Crippen LogP contribution is -2.19. The number of hydrogen-bond donors (Lipinski definition) is 1. The van der Waals surface area contributed by atoms with Gasteiger partial charge in [-0.2, -0.15) is 5.10 Å². The highest BCUT2D eigenvalue weighted by Crippen LogP contribution is 2.24. The molecular weight excluding hydrogens is 378 g/mol. The van der Waals surface area contributed by atoms with Crippen molar-refractivity contribution in [2.24, 2.45) is 0 Å². The van der Waals surface area contributed by atoms with Crippen molar-refractivity contribution < 1.29 is 14.2 Å². The van der Waals surface area contributed by atoms with Gasteiger partial charge in [0.2, 0.25) is 0 Å². The monoisotopic (exact) mass is 409 g/mol.